The average Bonchev–Trinajstić information content (AvgIpc) is 2.55. The summed E-state index contributed by atoms with van der Waals surface area (Å²) in [5, 5.41) is 4.64. The van der Waals surface area contributed by atoms with Gasteiger partial charge in [0, 0.05) is 34.3 Å². The summed E-state index contributed by atoms with van der Waals surface area (Å²) in [5.74, 6) is 0.0775. The van der Waals surface area contributed by atoms with Crippen molar-refractivity contribution in [1.29, 1.82) is 0 Å². The molecule has 1 aliphatic heterocycles. The molecule has 0 spiro atoms. The number of hydrogen-bond donors (Lipinski definition) is 1. The van der Waals surface area contributed by atoms with Gasteiger partial charge in [-0.05, 0) is 47.5 Å². The average molecular weight is 344 g/mol. The highest BCUT2D eigenvalue weighted by atomic mass is 35.5. The van der Waals surface area contributed by atoms with Crippen molar-refractivity contribution < 1.29 is 4.79 Å². The standard InChI is InChI=1S/C19H15Cl2NO/c20-17-5-1-13(2-6-17)9-15-11-22-12-16(19(15)23)10-14-3-7-18(21)8-4-14/h1-10,22H,11-12H2/b15-9+,16-10+. The van der Waals surface area contributed by atoms with Crippen molar-refractivity contribution in [3.05, 3.63) is 80.8 Å². The molecule has 2 aromatic carbocycles. The number of rotatable bonds is 2. The molecule has 1 fully saturated rings. The van der Waals surface area contributed by atoms with Crippen molar-refractivity contribution in [2.45, 2.75) is 0 Å². The van der Waals surface area contributed by atoms with Crippen LogP contribution in [0, 0.1) is 0 Å². The van der Waals surface area contributed by atoms with Gasteiger partial charge in [-0.2, -0.15) is 0 Å². The van der Waals surface area contributed by atoms with Crippen molar-refractivity contribution >= 4 is 41.1 Å². The third-order valence-electron chi connectivity index (χ3n) is 3.64. The van der Waals surface area contributed by atoms with E-state index in [1.54, 1.807) is 0 Å². The first kappa shape index (κ1) is 16.0. The van der Waals surface area contributed by atoms with E-state index >= 15 is 0 Å². The molecule has 1 aliphatic rings. The number of halogens is 2. The van der Waals surface area contributed by atoms with E-state index in [2.05, 4.69) is 5.32 Å². The smallest absolute Gasteiger partial charge is 0.187 e. The van der Waals surface area contributed by atoms with E-state index < -0.39 is 0 Å². The third kappa shape index (κ3) is 4.11. The van der Waals surface area contributed by atoms with Crippen molar-refractivity contribution in [2.24, 2.45) is 0 Å². The van der Waals surface area contributed by atoms with Gasteiger partial charge in [-0.25, -0.2) is 0 Å². The fraction of sp³-hybridized carbons (Fsp3) is 0.105. The van der Waals surface area contributed by atoms with Gasteiger partial charge < -0.3 is 5.32 Å². The van der Waals surface area contributed by atoms with Crippen LogP contribution in [0.4, 0.5) is 0 Å². The fourth-order valence-corrected chi connectivity index (χ4v) is 2.70. The molecule has 0 saturated carbocycles. The normalized spacial score (nSPS) is 18.6. The number of nitrogens with one attached hydrogen (secondary N) is 1. The van der Waals surface area contributed by atoms with Gasteiger partial charge in [0.25, 0.3) is 0 Å². The monoisotopic (exact) mass is 343 g/mol. The summed E-state index contributed by atoms with van der Waals surface area (Å²) >= 11 is 11.8. The van der Waals surface area contributed by atoms with Crippen LogP contribution in [0.3, 0.4) is 0 Å². The lowest BCUT2D eigenvalue weighted by atomic mass is 9.95. The van der Waals surface area contributed by atoms with Crippen LogP contribution in [0.2, 0.25) is 10.0 Å². The lowest BCUT2D eigenvalue weighted by Crippen LogP contribution is -2.32. The number of carbonyl (C=O) groups excluding carboxylic acids is 1. The molecule has 2 nitrogen and oxygen atoms in total. The molecule has 23 heavy (non-hydrogen) atoms. The van der Waals surface area contributed by atoms with Gasteiger partial charge in [0.05, 0.1) is 0 Å². The zero-order valence-corrected chi connectivity index (χ0v) is 13.9. The Labute approximate surface area is 145 Å². The molecule has 1 N–H and O–H groups in total. The quantitative estimate of drug-likeness (QED) is 0.805. The molecule has 0 bridgehead atoms. The maximum Gasteiger partial charge on any atom is 0.187 e. The van der Waals surface area contributed by atoms with Gasteiger partial charge in [0.1, 0.15) is 0 Å². The fourth-order valence-electron chi connectivity index (χ4n) is 2.45. The first-order valence-corrected chi connectivity index (χ1v) is 8.05. The van der Waals surface area contributed by atoms with Crippen molar-refractivity contribution in [2.75, 3.05) is 13.1 Å². The van der Waals surface area contributed by atoms with Crippen LogP contribution < -0.4 is 5.32 Å². The van der Waals surface area contributed by atoms with E-state index in [1.807, 2.05) is 60.7 Å². The van der Waals surface area contributed by atoms with Crippen molar-refractivity contribution in [1.82, 2.24) is 5.32 Å². The second kappa shape index (κ2) is 7.14. The Hall–Kier alpha value is -1.87. The number of hydrogen-bond acceptors (Lipinski definition) is 2. The maximum atomic E-state index is 12.6. The molecule has 0 amide bonds. The molecular weight excluding hydrogens is 329 g/mol. The largest absolute Gasteiger partial charge is 0.308 e. The van der Waals surface area contributed by atoms with Crippen LogP contribution in [0.5, 0.6) is 0 Å². The minimum absolute atomic E-state index is 0.0775. The molecule has 1 saturated heterocycles. The summed E-state index contributed by atoms with van der Waals surface area (Å²) in [5.41, 5.74) is 3.43. The van der Waals surface area contributed by atoms with Crippen LogP contribution in [0.25, 0.3) is 12.2 Å². The van der Waals surface area contributed by atoms with Crippen LogP contribution in [-0.2, 0) is 4.79 Å². The molecule has 3 rings (SSSR count). The topological polar surface area (TPSA) is 29.1 Å². The molecule has 0 aromatic heterocycles. The van der Waals surface area contributed by atoms with E-state index in [9.17, 15) is 4.79 Å². The van der Waals surface area contributed by atoms with E-state index in [4.69, 9.17) is 23.2 Å². The molecule has 116 valence electrons. The highest BCUT2D eigenvalue weighted by molar-refractivity contribution is 6.30. The van der Waals surface area contributed by atoms with Crippen molar-refractivity contribution in [3.8, 4) is 0 Å². The lowest BCUT2D eigenvalue weighted by molar-refractivity contribution is -0.112. The van der Waals surface area contributed by atoms with Gasteiger partial charge in [-0.3, -0.25) is 4.79 Å². The summed E-state index contributed by atoms with van der Waals surface area (Å²) in [6.07, 6.45) is 3.81. The second-order valence-electron chi connectivity index (χ2n) is 5.37. The molecule has 0 atom stereocenters. The van der Waals surface area contributed by atoms with Crippen LogP contribution in [-0.4, -0.2) is 18.9 Å². The molecule has 0 radical (unpaired) electrons. The molecule has 0 aliphatic carbocycles. The SMILES string of the molecule is O=C1/C(=C/c2ccc(Cl)cc2)CNC/C1=C\c1ccc(Cl)cc1. The summed E-state index contributed by atoms with van der Waals surface area (Å²) < 4.78 is 0. The first-order chi connectivity index (χ1) is 11.1. The Morgan fingerprint density at radius 1 is 0.739 bits per heavy atom. The Morgan fingerprint density at radius 2 is 1.13 bits per heavy atom. The maximum absolute atomic E-state index is 12.6. The Kier molecular flexibility index (Phi) is 4.97. The van der Waals surface area contributed by atoms with Gasteiger partial charge in [0.15, 0.2) is 5.78 Å². The molecule has 1 heterocycles. The van der Waals surface area contributed by atoms with Crippen LogP contribution in [0.15, 0.2) is 59.7 Å². The van der Waals surface area contributed by atoms with Crippen molar-refractivity contribution in [3.63, 3.8) is 0 Å². The molecular formula is C19H15Cl2NO. The number of piperidine rings is 1. The summed E-state index contributed by atoms with van der Waals surface area (Å²) in [7, 11) is 0. The van der Waals surface area contributed by atoms with E-state index in [0.29, 0.717) is 23.1 Å². The Morgan fingerprint density at radius 3 is 1.52 bits per heavy atom. The summed E-state index contributed by atoms with van der Waals surface area (Å²) in [6.45, 7) is 1.14. The van der Waals surface area contributed by atoms with E-state index in [0.717, 1.165) is 22.3 Å². The second-order valence-corrected chi connectivity index (χ2v) is 6.25. The van der Waals surface area contributed by atoms with Crippen LogP contribution in [0.1, 0.15) is 11.1 Å². The molecule has 0 unspecified atom stereocenters. The van der Waals surface area contributed by atoms with Crippen LogP contribution >= 0.6 is 23.2 Å². The first-order valence-electron chi connectivity index (χ1n) is 7.29. The van der Waals surface area contributed by atoms with E-state index in [-0.39, 0.29) is 5.78 Å². The predicted molar refractivity (Wildman–Crippen MR) is 96.7 cm³/mol. The summed E-state index contributed by atoms with van der Waals surface area (Å²) in [6, 6.07) is 14.9. The highest BCUT2D eigenvalue weighted by Crippen LogP contribution is 2.19. The third-order valence-corrected chi connectivity index (χ3v) is 4.14. The van der Waals surface area contributed by atoms with E-state index in [1.165, 1.54) is 0 Å². The number of carbonyl (C=O) groups is 1. The zero-order valence-electron chi connectivity index (χ0n) is 12.4. The minimum Gasteiger partial charge on any atom is -0.308 e. The minimum atomic E-state index is 0.0775. The summed E-state index contributed by atoms with van der Waals surface area (Å²) in [4.78, 5) is 12.6. The van der Waals surface area contributed by atoms with Gasteiger partial charge in [-0.1, -0.05) is 47.5 Å². The van der Waals surface area contributed by atoms with Gasteiger partial charge in [0.2, 0.25) is 0 Å². The Balaban J connectivity index is 1.86. The number of ketones is 1. The number of benzene rings is 2. The van der Waals surface area contributed by atoms with Gasteiger partial charge in [-0.15, -0.1) is 0 Å². The molecule has 4 heteroatoms. The predicted octanol–water partition coefficient (Wildman–Crippen LogP) is 4.63. The zero-order chi connectivity index (χ0) is 16.2. The lowest BCUT2D eigenvalue weighted by Gasteiger charge is -2.18. The molecule has 2 aromatic rings. The van der Waals surface area contributed by atoms with Gasteiger partial charge >= 0.3 is 0 Å². The highest BCUT2D eigenvalue weighted by Gasteiger charge is 2.19. The Bertz CT molecular complexity index is 709. The number of Topliss-reactive ketones (excluding diaryl/α,β-unsaturated/α-hetero) is 1.